The van der Waals surface area contributed by atoms with Gasteiger partial charge >= 0.3 is 0 Å². The summed E-state index contributed by atoms with van der Waals surface area (Å²) in [5.74, 6) is 0.139. The summed E-state index contributed by atoms with van der Waals surface area (Å²) in [6.07, 6.45) is 1.93. The smallest absolute Gasteiger partial charge is 0.261 e. The molecule has 2 aromatic heterocycles. The Bertz CT molecular complexity index is 1080. The molecular formula is C24H27N3O4. The number of amides is 1. The average Bonchev–Trinajstić information content (AvgIpc) is 3.27. The summed E-state index contributed by atoms with van der Waals surface area (Å²) in [7, 11) is 0. The van der Waals surface area contributed by atoms with Crippen molar-refractivity contribution in [3.05, 3.63) is 81.8 Å². The summed E-state index contributed by atoms with van der Waals surface area (Å²) in [6, 6.07) is 14.7. The number of aromatic nitrogens is 1. The molecule has 1 aromatic carbocycles. The van der Waals surface area contributed by atoms with Gasteiger partial charge in [0.1, 0.15) is 11.3 Å². The molecule has 2 N–H and O–H groups in total. The molecule has 1 amide bonds. The molecule has 0 spiro atoms. The Morgan fingerprint density at radius 2 is 1.81 bits per heavy atom. The Hall–Kier alpha value is -3.16. The second-order valence-corrected chi connectivity index (χ2v) is 7.99. The first-order valence-electron chi connectivity index (χ1n) is 10.5. The molecule has 1 saturated heterocycles. The number of rotatable bonds is 6. The summed E-state index contributed by atoms with van der Waals surface area (Å²) in [4.78, 5) is 30.1. The highest BCUT2D eigenvalue weighted by Crippen LogP contribution is 2.18. The molecule has 3 heterocycles. The van der Waals surface area contributed by atoms with Crippen molar-refractivity contribution in [1.82, 2.24) is 15.2 Å². The second kappa shape index (κ2) is 9.32. The fourth-order valence-corrected chi connectivity index (χ4v) is 4.04. The Kier molecular flexibility index (Phi) is 6.34. The Morgan fingerprint density at radius 3 is 2.48 bits per heavy atom. The number of morpholine rings is 1. The van der Waals surface area contributed by atoms with Crippen LogP contribution >= 0.6 is 0 Å². The van der Waals surface area contributed by atoms with E-state index in [-0.39, 0.29) is 17.8 Å². The van der Waals surface area contributed by atoms with Crippen LogP contribution in [-0.4, -0.2) is 41.1 Å². The minimum Gasteiger partial charge on any atom is -0.463 e. The lowest BCUT2D eigenvalue weighted by Gasteiger charge is -2.35. The Balaban J connectivity index is 1.42. The van der Waals surface area contributed by atoms with Gasteiger partial charge in [0.05, 0.1) is 24.2 Å². The number of benzene rings is 1. The van der Waals surface area contributed by atoms with E-state index in [9.17, 15) is 9.59 Å². The highest BCUT2D eigenvalue weighted by atomic mass is 16.5. The van der Waals surface area contributed by atoms with Gasteiger partial charge in [-0.2, -0.15) is 0 Å². The van der Waals surface area contributed by atoms with Gasteiger partial charge in [0, 0.05) is 26.2 Å². The third-order valence-electron chi connectivity index (χ3n) is 5.39. The Labute approximate surface area is 181 Å². The molecule has 0 unspecified atom stereocenters. The first-order valence-corrected chi connectivity index (χ1v) is 10.5. The average molecular weight is 421 g/mol. The molecule has 31 heavy (non-hydrogen) atoms. The minimum absolute atomic E-state index is 0.0728. The van der Waals surface area contributed by atoms with Gasteiger partial charge in [0.15, 0.2) is 0 Å². The molecule has 0 aliphatic carbocycles. The number of furan rings is 1. The van der Waals surface area contributed by atoms with E-state index in [2.05, 4.69) is 35.1 Å². The summed E-state index contributed by atoms with van der Waals surface area (Å²) >= 11 is 0. The molecule has 0 bridgehead atoms. The topological polar surface area (TPSA) is 87.6 Å². The van der Waals surface area contributed by atoms with E-state index in [0.29, 0.717) is 18.0 Å². The van der Waals surface area contributed by atoms with Gasteiger partial charge in [-0.15, -0.1) is 0 Å². The van der Waals surface area contributed by atoms with Crippen LogP contribution in [0.4, 0.5) is 0 Å². The normalized spacial score (nSPS) is 19.3. The summed E-state index contributed by atoms with van der Waals surface area (Å²) < 4.78 is 11.1. The Morgan fingerprint density at radius 1 is 1.06 bits per heavy atom. The zero-order valence-corrected chi connectivity index (χ0v) is 17.8. The van der Waals surface area contributed by atoms with Crippen LogP contribution < -0.4 is 10.9 Å². The number of ether oxygens (including phenoxy) is 1. The maximum absolute atomic E-state index is 12.6. The third kappa shape index (κ3) is 5.13. The lowest BCUT2D eigenvalue weighted by Crippen LogP contribution is -2.45. The molecule has 1 aliphatic heterocycles. The van der Waals surface area contributed by atoms with Crippen molar-refractivity contribution in [2.45, 2.75) is 39.1 Å². The van der Waals surface area contributed by atoms with E-state index in [1.54, 1.807) is 18.2 Å². The molecule has 4 rings (SSSR count). The van der Waals surface area contributed by atoms with Gasteiger partial charge < -0.3 is 19.5 Å². The van der Waals surface area contributed by atoms with Crippen molar-refractivity contribution < 1.29 is 13.9 Å². The van der Waals surface area contributed by atoms with Crippen molar-refractivity contribution >= 4 is 5.91 Å². The predicted molar refractivity (Wildman–Crippen MR) is 118 cm³/mol. The van der Waals surface area contributed by atoms with Crippen molar-refractivity contribution in [2.24, 2.45) is 0 Å². The molecule has 7 nitrogen and oxygen atoms in total. The van der Waals surface area contributed by atoms with Gasteiger partial charge in [0.2, 0.25) is 0 Å². The summed E-state index contributed by atoms with van der Waals surface area (Å²) in [5, 5.41) is 2.88. The van der Waals surface area contributed by atoms with Gasteiger partial charge in [-0.05, 0) is 49.2 Å². The number of aromatic amines is 1. The standard InChI is InChI=1S/C24H27N3O4/c1-16-13-27(14-17(2)31-16)15-19-7-4-3-6-18(19)12-25-23(28)20-9-10-21(26-24(20)29)22-8-5-11-30-22/h3-11,16-17H,12-15H2,1-2H3,(H,25,28)(H,26,29)/t16-,17-/m1/s1. The monoisotopic (exact) mass is 421 g/mol. The number of nitrogens with one attached hydrogen (secondary N) is 2. The number of nitrogens with zero attached hydrogens (tertiary/aromatic N) is 1. The van der Waals surface area contributed by atoms with Crippen molar-refractivity contribution in [1.29, 1.82) is 0 Å². The summed E-state index contributed by atoms with van der Waals surface area (Å²) in [5.41, 5.74) is 2.35. The van der Waals surface area contributed by atoms with Crippen molar-refractivity contribution in [2.75, 3.05) is 13.1 Å². The minimum atomic E-state index is -0.448. The lowest BCUT2D eigenvalue weighted by molar-refractivity contribution is -0.0705. The van der Waals surface area contributed by atoms with E-state index in [0.717, 1.165) is 30.8 Å². The number of H-pyrrole nitrogens is 1. The SMILES string of the molecule is C[C@@H]1CN(Cc2ccccc2CNC(=O)c2ccc(-c3ccco3)[nH]c2=O)C[C@@H](C)O1. The second-order valence-electron chi connectivity index (χ2n) is 7.99. The molecule has 7 heteroatoms. The largest absolute Gasteiger partial charge is 0.463 e. The van der Waals surface area contributed by atoms with Crippen LogP contribution in [-0.2, 0) is 17.8 Å². The lowest BCUT2D eigenvalue weighted by atomic mass is 10.1. The van der Waals surface area contributed by atoms with Crippen LogP contribution in [0, 0.1) is 0 Å². The quantitative estimate of drug-likeness (QED) is 0.638. The maximum Gasteiger partial charge on any atom is 0.261 e. The zero-order valence-electron chi connectivity index (χ0n) is 17.8. The van der Waals surface area contributed by atoms with Gasteiger partial charge in [-0.1, -0.05) is 24.3 Å². The van der Waals surface area contributed by atoms with E-state index in [4.69, 9.17) is 9.15 Å². The van der Waals surface area contributed by atoms with E-state index >= 15 is 0 Å². The summed E-state index contributed by atoms with van der Waals surface area (Å²) in [6.45, 7) is 7.07. The fourth-order valence-electron chi connectivity index (χ4n) is 4.04. The number of carbonyl (C=O) groups is 1. The molecule has 0 saturated carbocycles. The van der Waals surface area contributed by atoms with Gasteiger partial charge in [-0.3, -0.25) is 14.5 Å². The van der Waals surface area contributed by atoms with Crippen LogP contribution in [0.25, 0.3) is 11.5 Å². The molecule has 1 aliphatic rings. The molecule has 1 fully saturated rings. The molecular weight excluding hydrogens is 394 g/mol. The zero-order chi connectivity index (χ0) is 21.8. The maximum atomic E-state index is 12.6. The highest BCUT2D eigenvalue weighted by Gasteiger charge is 2.22. The first kappa shape index (κ1) is 21.1. The van der Waals surface area contributed by atoms with Gasteiger partial charge in [-0.25, -0.2) is 0 Å². The van der Waals surface area contributed by atoms with Crippen LogP contribution in [0.5, 0.6) is 0 Å². The molecule has 0 radical (unpaired) electrons. The highest BCUT2D eigenvalue weighted by molar-refractivity contribution is 5.94. The number of hydrogen-bond donors (Lipinski definition) is 2. The number of carbonyl (C=O) groups excluding carboxylic acids is 1. The van der Waals surface area contributed by atoms with Crippen LogP contribution in [0.2, 0.25) is 0 Å². The van der Waals surface area contributed by atoms with E-state index in [1.165, 1.54) is 12.3 Å². The van der Waals surface area contributed by atoms with E-state index in [1.807, 2.05) is 18.2 Å². The van der Waals surface area contributed by atoms with Crippen LogP contribution in [0.3, 0.4) is 0 Å². The van der Waals surface area contributed by atoms with Crippen molar-refractivity contribution in [3.63, 3.8) is 0 Å². The van der Waals surface area contributed by atoms with Gasteiger partial charge in [0.25, 0.3) is 11.5 Å². The molecule has 3 aromatic rings. The first-order chi connectivity index (χ1) is 15.0. The van der Waals surface area contributed by atoms with Crippen LogP contribution in [0.15, 0.2) is 64.0 Å². The van der Waals surface area contributed by atoms with Crippen LogP contribution in [0.1, 0.15) is 35.3 Å². The third-order valence-corrected chi connectivity index (χ3v) is 5.39. The molecule has 162 valence electrons. The van der Waals surface area contributed by atoms with E-state index < -0.39 is 11.5 Å². The number of hydrogen-bond acceptors (Lipinski definition) is 5. The predicted octanol–water partition coefficient (Wildman–Crippen LogP) is 3.17. The van der Waals surface area contributed by atoms with Crippen molar-refractivity contribution in [3.8, 4) is 11.5 Å². The molecule has 2 atom stereocenters. The fraction of sp³-hybridized carbons (Fsp3) is 0.333. The number of pyridine rings is 1.